The van der Waals surface area contributed by atoms with Gasteiger partial charge in [-0.2, -0.15) is 5.10 Å². The van der Waals surface area contributed by atoms with Crippen LogP contribution >= 0.6 is 0 Å². The number of rotatable bonds is 9. The van der Waals surface area contributed by atoms with E-state index < -0.39 is 5.97 Å². The number of ether oxygens (including phenoxy) is 2. The van der Waals surface area contributed by atoms with Crippen LogP contribution in [0.3, 0.4) is 0 Å². The lowest BCUT2D eigenvalue weighted by atomic mass is 9.87. The van der Waals surface area contributed by atoms with E-state index in [0.29, 0.717) is 18.9 Å². The summed E-state index contributed by atoms with van der Waals surface area (Å²) in [7, 11) is 3.58. The SMILES string of the molecule is CC(C)CCN(C)C(=O)OCc1c(-c2ccc(O[C@@H]3CCC[C@@H](C(=O)O)C3)cc2)cnn1C. The summed E-state index contributed by atoms with van der Waals surface area (Å²) in [4.78, 5) is 25.2. The van der Waals surface area contributed by atoms with Crippen molar-refractivity contribution < 1.29 is 24.2 Å². The summed E-state index contributed by atoms with van der Waals surface area (Å²) in [6.45, 7) is 5.04. The fraction of sp³-hybridized carbons (Fsp3) is 0.560. The Hall–Kier alpha value is -3.03. The van der Waals surface area contributed by atoms with Crippen molar-refractivity contribution in [3.8, 4) is 16.9 Å². The van der Waals surface area contributed by atoms with Gasteiger partial charge in [0.05, 0.1) is 23.9 Å². The maximum Gasteiger partial charge on any atom is 0.409 e. The first-order chi connectivity index (χ1) is 15.7. The molecule has 0 aliphatic heterocycles. The zero-order valence-electron chi connectivity index (χ0n) is 20.0. The molecule has 3 rings (SSSR count). The molecule has 0 unspecified atom stereocenters. The van der Waals surface area contributed by atoms with Crippen LogP contribution in [0, 0.1) is 11.8 Å². The normalized spacial score (nSPS) is 18.2. The van der Waals surface area contributed by atoms with Gasteiger partial charge in [0.1, 0.15) is 12.4 Å². The predicted molar refractivity (Wildman–Crippen MR) is 125 cm³/mol. The number of aliphatic carboxylic acids is 1. The number of amides is 1. The number of carboxylic acid groups (broad SMARTS) is 1. The summed E-state index contributed by atoms with van der Waals surface area (Å²) in [6, 6.07) is 7.68. The van der Waals surface area contributed by atoms with Crippen molar-refractivity contribution in [1.29, 1.82) is 0 Å². The molecule has 1 aliphatic carbocycles. The van der Waals surface area contributed by atoms with Crippen molar-refractivity contribution in [2.75, 3.05) is 13.6 Å². The molecule has 180 valence electrons. The third kappa shape index (κ3) is 6.73. The van der Waals surface area contributed by atoms with Gasteiger partial charge in [0.15, 0.2) is 0 Å². The fourth-order valence-corrected chi connectivity index (χ4v) is 4.04. The smallest absolute Gasteiger partial charge is 0.409 e. The highest BCUT2D eigenvalue weighted by atomic mass is 16.6. The van der Waals surface area contributed by atoms with E-state index in [9.17, 15) is 14.7 Å². The number of benzene rings is 1. The molecule has 1 aliphatic rings. The highest BCUT2D eigenvalue weighted by molar-refractivity contribution is 5.70. The molecule has 33 heavy (non-hydrogen) atoms. The van der Waals surface area contributed by atoms with E-state index in [2.05, 4.69) is 18.9 Å². The van der Waals surface area contributed by atoms with Gasteiger partial charge in [-0.25, -0.2) is 4.79 Å². The Balaban J connectivity index is 1.61. The monoisotopic (exact) mass is 457 g/mol. The van der Waals surface area contributed by atoms with E-state index in [0.717, 1.165) is 48.3 Å². The van der Waals surface area contributed by atoms with Crippen LogP contribution in [0.2, 0.25) is 0 Å². The zero-order chi connectivity index (χ0) is 24.0. The third-order valence-electron chi connectivity index (χ3n) is 6.19. The van der Waals surface area contributed by atoms with Crippen LogP contribution in [0.1, 0.15) is 51.6 Å². The molecule has 1 saturated carbocycles. The lowest BCUT2D eigenvalue weighted by Crippen LogP contribution is -2.29. The Morgan fingerprint density at radius 3 is 2.64 bits per heavy atom. The molecule has 1 aromatic carbocycles. The topological polar surface area (TPSA) is 93.9 Å². The number of aryl methyl sites for hydroxylation is 1. The lowest BCUT2D eigenvalue weighted by molar-refractivity contribution is -0.143. The molecule has 0 spiro atoms. The van der Waals surface area contributed by atoms with Crippen molar-refractivity contribution in [2.24, 2.45) is 18.9 Å². The molecule has 1 aromatic heterocycles. The van der Waals surface area contributed by atoms with Crippen molar-refractivity contribution >= 4 is 12.1 Å². The van der Waals surface area contributed by atoms with Gasteiger partial charge in [0.2, 0.25) is 0 Å². The summed E-state index contributed by atoms with van der Waals surface area (Å²) in [6.07, 6.45) is 5.26. The summed E-state index contributed by atoms with van der Waals surface area (Å²) >= 11 is 0. The first-order valence-electron chi connectivity index (χ1n) is 11.6. The van der Waals surface area contributed by atoms with E-state index in [1.54, 1.807) is 22.8 Å². The molecule has 1 amide bonds. The van der Waals surface area contributed by atoms with Crippen LogP contribution in [0.4, 0.5) is 4.79 Å². The number of carbonyl (C=O) groups is 2. The molecule has 8 heteroatoms. The Morgan fingerprint density at radius 1 is 1.24 bits per heavy atom. The van der Waals surface area contributed by atoms with E-state index in [-0.39, 0.29) is 24.7 Å². The number of carbonyl (C=O) groups excluding carboxylic acids is 1. The zero-order valence-corrected chi connectivity index (χ0v) is 20.0. The summed E-state index contributed by atoms with van der Waals surface area (Å²) in [5.74, 6) is 0.175. The van der Waals surface area contributed by atoms with E-state index in [4.69, 9.17) is 9.47 Å². The Morgan fingerprint density at radius 2 is 1.97 bits per heavy atom. The van der Waals surface area contributed by atoms with Gasteiger partial charge in [-0.3, -0.25) is 9.48 Å². The number of nitrogens with zero attached hydrogens (tertiary/aromatic N) is 3. The standard InChI is InChI=1S/C25H35N3O5/c1-17(2)12-13-27(3)25(31)32-16-23-22(15-26-28(23)4)18-8-10-20(11-9-18)33-21-7-5-6-19(14-21)24(29)30/h8-11,15,17,19,21H,5-7,12-14,16H2,1-4H3,(H,29,30)/t19-,21-/m1/s1. The highest BCUT2D eigenvalue weighted by Gasteiger charge is 2.28. The molecule has 8 nitrogen and oxygen atoms in total. The summed E-state index contributed by atoms with van der Waals surface area (Å²) in [5.41, 5.74) is 2.65. The van der Waals surface area contributed by atoms with Crippen LogP contribution < -0.4 is 4.74 Å². The lowest BCUT2D eigenvalue weighted by Gasteiger charge is -2.27. The molecule has 1 heterocycles. The van der Waals surface area contributed by atoms with Crippen LogP contribution in [0.5, 0.6) is 5.75 Å². The molecule has 0 saturated heterocycles. The maximum atomic E-state index is 12.3. The van der Waals surface area contributed by atoms with Gasteiger partial charge in [0.25, 0.3) is 0 Å². The molecular weight excluding hydrogens is 422 g/mol. The van der Waals surface area contributed by atoms with Crippen molar-refractivity contribution in [2.45, 2.75) is 58.7 Å². The maximum absolute atomic E-state index is 12.3. The molecule has 0 bridgehead atoms. The Kier molecular flexibility index (Phi) is 8.36. The van der Waals surface area contributed by atoms with Crippen molar-refractivity contribution in [3.63, 3.8) is 0 Å². The predicted octanol–water partition coefficient (Wildman–Crippen LogP) is 4.72. The average molecular weight is 458 g/mol. The van der Waals surface area contributed by atoms with E-state index >= 15 is 0 Å². The quantitative estimate of drug-likeness (QED) is 0.585. The molecule has 2 atom stereocenters. The van der Waals surface area contributed by atoms with Gasteiger partial charge >= 0.3 is 12.1 Å². The molecule has 1 fully saturated rings. The van der Waals surface area contributed by atoms with Crippen molar-refractivity contribution in [1.82, 2.24) is 14.7 Å². The van der Waals surface area contributed by atoms with E-state index in [1.807, 2.05) is 31.3 Å². The largest absolute Gasteiger partial charge is 0.490 e. The number of hydrogen-bond acceptors (Lipinski definition) is 5. The minimum Gasteiger partial charge on any atom is -0.490 e. The first-order valence-corrected chi connectivity index (χ1v) is 11.6. The molecule has 0 radical (unpaired) electrons. The van der Waals surface area contributed by atoms with Crippen LogP contribution in [-0.2, 0) is 23.2 Å². The summed E-state index contributed by atoms with van der Waals surface area (Å²) in [5, 5.41) is 13.6. The second-order valence-electron chi connectivity index (χ2n) is 9.25. The van der Waals surface area contributed by atoms with Gasteiger partial charge in [-0.05, 0) is 55.7 Å². The second kappa shape index (κ2) is 11.2. The van der Waals surface area contributed by atoms with E-state index in [1.165, 1.54) is 0 Å². The van der Waals surface area contributed by atoms with Gasteiger partial charge < -0.3 is 19.5 Å². The Bertz CT molecular complexity index is 938. The highest BCUT2D eigenvalue weighted by Crippen LogP contribution is 2.30. The number of carboxylic acids is 1. The molecule has 2 aromatic rings. The minimum absolute atomic E-state index is 0.0771. The minimum atomic E-state index is -0.741. The first kappa shape index (κ1) is 24.6. The summed E-state index contributed by atoms with van der Waals surface area (Å²) < 4.78 is 13.3. The Labute approximate surface area is 195 Å². The molecule has 1 N–H and O–H groups in total. The average Bonchev–Trinajstić information content (AvgIpc) is 3.16. The van der Waals surface area contributed by atoms with Gasteiger partial charge in [0, 0.05) is 26.2 Å². The van der Waals surface area contributed by atoms with Gasteiger partial charge in [-0.15, -0.1) is 0 Å². The van der Waals surface area contributed by atoms with Crippen LogP contribution in [0.15, 0.2) is 30.5 Å². The van der Waals surface area contributed by atoms with Crippen molar-refractivity contribution in [3.05, 3.63) is 36.2 Å². The number of aromatic nitrogens is 2. The third-order valence-corrected chi connectivity index (χ3v) is 6.19. The second-order valence-corrected chi connectivity index (χ2v) is 9.25. The van der Waals surface area contributed by atoms with Crippen LogP contribution in [0.25, 0.3) is 11.1 Å². The number of hydrogen-bond donors (Lipinski definition) is 1. The fourth-order valence-electron chi connectivity index (χ4n) is 4.04. The van der Waals surface area contributed by atoms with Crippen LogP contribution in [-0.4, -0.2) is 51.5 Å². The van der Waals surface area contributed by atoms with Gasteiger partial charge in [-0.1, -0.05) is 26.0 Å². The molecular formula is C25H35N3O5.